The number of nitro benzene ring substituents is 2. The number of hydrazone groups is 1. The Morgan fingerprint density at radius 2 is 1.77 bits per heavy atom. The lowest BCUT2D eigenvalue weighted by molar-refractivity contribution is -0.394. The summed E-state index contributed by atoms with van der Waals surface area (Å²) in [4.78, 5) is 32.0. The SMILES string of the molecule is COc1cc(/C=N/NC(=O)c2cc([N+](=O)[O-])cc([N+](=O)[O-])c2)ccc1O. The molecular weight excluding hydrogens is 348 g/mol. The van der Waals surface area contributed by atoms with Crippen molar-refractivity contribution >= 4 is 23.5 Å². The number of carbonyl (C=O) groups is 1. The number of aromatic hydroxyl groups is 1. The molecule has 2 aromatic rings. The summed E-state index contributed by atoms with van der Waals surface area (Å²) in [6, 6.07) is 6.90. The molecule has 0 radical (unpaired) electrons. The highest BCUT2D eigenvalue weighted by atomic mass is 16.6. The van der Waals surface area contributed by atoms with Gasteiger partial charge in [0.2, 0.25) is 0 Å². The first-order chi connectivity index (χ1) is 12.3. The zero-order valence-electron chi connectivity index (χ0n) is 13.3. The van der Waals surface area contributed by atoms with Crippen molar-refractivity contribution < 1.29 is 24.5 Å². The van der Waals surface area contributed by atoms with Gasteiger partial charge in [-0.3, -0.25) is 25.0 Å². The maximum atomic E-state index is 12.0. The van der Waals surface area contributed by atoms with Gasteiger partial charge in [0, 0.05) is 12.1 Å². The minimum atomic E-state index is -0.862. The van der Waals surface area contributed by atoms with Crippen LogP contribution in [0.4, 0.5) is 11.4 Å². The molecule has 0 atom stereocenters. The summed E-state index contributed by atoms with van der Waals surface area (Å²) >= 11 is 0. The molecule has 0 spiro atoms. The molecule has 0 bridgehead atoms. The van der Waals surface area contributed by atoms with Gasteiger partial charge >= 0.3 is 0 Å². The van der Waals surface area contributed by atoms with Crippen molar-refractivity contribution in [3.05, 3.63) is 67.8 Å². The van der Waals surface area contributed by atoms with Crippen LogP contribution in [0.5, 0.6) is 11.5 Å². The normalized spacial score (nSPS) is 10.5. The Labute approximate surface area is 145 Å². The third-order valence-corrected chi connectivity index (χ3v) is 3.17. The number of nitro groups is 2. The Hall–Kier alpha value is -4.02. The minimum Gasteiger partial charge on any atom is -0.504 e. The first-order valence-corrected chi connectivity index (χ1v) is 6.96. The zero-order chi connectivity index (χ0) is 19.3. The number of amides is 1. The highest BCUT2D eigenvalue weighted by Crippen LogP contribution is 2.25. The lowest BCUT2D eigenvalue weighted by Gasteiger charge is -2.03. The Morgan fingerprint density at radius 1 is 1.15 bits per heavy atom. The van der Waals surface area contributed by atoms with Gasteiger partial charge in [-0.05, 0) is 23.8 Å². The maximum Gasteiger partial charge on any atom is 0.277 e. The van der Waals surface area contributed by atoms with E-state index in [1.54, 1.807) is 0 Å². The summed E-state index contributed by atoms with van der Waals surface area (Å²) in [6.07, 6.45) is 1.24. The molecule has 26 heavy (non-hydrogen) atoms. The second-order valence-electron chi connectivity index (χ2n) is 4.88. The van der Waals surface area contributed by atoms with Crippen molar-refractivity contribution in [1.82, 2.24) is 5.43 Å². The lowest BCUT2D eigenvalue weighted by atomic mass is 10.1. The number of ether oxygens (including phenoxy) is 1. The van der Waals surface area contributed by atoms with Gasteiger partial charge in [-0.1, -0.05) is 0 Å². The fourth-order valence-corrected chi connectivity index (χ4v) is 1.94. The van der Waals surface area contributed by atoms with Crippen LogP contribution >= 0.6 is 0 Å². The van der Waals surface area contributed by atoms with E-state index in [0.29, 0.717) is 5.56 Å². The Kier molecular flexibility index (Phi) is 5.43. The molecule has 0 aliphatic rings. The molecule has 11 nitrogen and oxygen atoms in total. The summed E-state index contributed by atoms with van der Waals surface area (Å²) in [5.41, 5.74) is 1.15. The van der Waals surface area contributed by atoms with Gasteiger partial charge in [0.15, 0.2) is 11.5 Å². The third-order valence-electron chi connectivity index (χ3n) is 3.17. The maximum absolute atomic E-state index is 12.0. The zero-order valence-corrected chi connectivity index (χ0v) is 13.3. The van der Waals surface area contributed by atoms with E-state index in [2.05, 4.69) is 10.5 Å². The molecule has 2 rings (SSSR count). The molecule has 0 saturated heterocycles. The number of nitrogens with zero attached hydrogens (tertiary/aromatic N) is 3. The number of phenols is 1. The lowest BCUT2D eigenvalue weighted by Crippen LogP contribution is -2.18. The number of carbonyl (C=O) groups excluding carboxylic acids is 1. The van der Waals surface area contributed by atoms with Gasteiger partial charge in [0.1, 0.15) is 0 Å². The fourth-order valence-electron chi connectivity index (χ4n) is 1.94. The van der Waals surface area contributed by atoms with Crippen molar-refractivity contribution in [2.24, 2.45) is 5.10 Å². The average Bonchev–Trinajstić information content (AvgIpc) is 2.62. The van der Waals surface area contributed by atoms with E-state index >= 15 is 0 Å². The van der Waals surface area contributed by atoms with Crippen LogP contribution in [0.25, 0.3) is 0 Å². The second kappa shape index (κ2) is 7.70. The molecule has 0 aromatic heterocycles. The summed E-state index contributed by atoms with van der Waals surface area (Å²) in [7, 11) is 1.37. The Balaban J connectivity index is 2.19. The van der Waals surface area contributed by atoms with Crippen LogP contribution in [0.1, 0.15) is 15.9 Å². The summed E-state index contributed by atoms with van der Waals surface area (Å²) < 4.78 is 4.93. The summed E-state index contributed by atoms with van der Waals surface area (Å²) in [5, 5.41) is 34.8. The second-order valence-corrected chi connectivity index (χ2v) is 4.88. The number of nitrogens with one attached hydrogen (secondary N) is 1. The predicted octanol–water partition coefficient (Wildman–Crippen LogP) is 1.98. The molecule has 0 aliphatic heterocycles. The smallest absolute Gasteiger partial charge is 0.277 e. The van der Waals surface area contributed by atoms with E-state index in [1.165, 1.54) is 31.5 Å². The number of methoxy groups -OCH3 is 1. The van der Waals surface area contributed by atoms with Crippen LogP contribution in [0.3, 0.4) is 0 Å². The van der Waals surface area contributed by atoms with Crippen LogP contribution in [0.2, 0.25) is 0 Å². The third kappa shape index (κ3) is 4.29. The molecule has 0 fully saturated rings. The highest BCUT2D eigenvalue weighted by Gasteiger charge is 2.19. The van der Waals surface area contributed by atoms with Crippen molar-refractivity contribution in [1.29, 1.82) is 0 Å². The summed E-state index contributed by atoms with van der Waals surface area (Å²) in [6.45, 7) is 0. The molecule has 0 aliphatic carbocycles. The van der Waals surface area contributed by atoms with Crippen molar-refractivity contribution in [2.45, 2.75) is 0 Å². The van der Waals surface area contributed by atoms with Gasteiger partial charge < -0.3 is 9.84 Å². The molecule has 134 valence electrons. The Morgan fingerprint density at radius 3 is 2.31 bits per heavy atom. The van der Waals surface area contributed by atoms with Crippen LogP contribution in [-0.4, -0.2) is 34.2 Å². The number of hydrogen-bond donors (Lipinski definition) is 2. The molecule has 2 N–H and O–H groups in total. The van der Waals surface area contributed by atoms with Gasteiger partial charge in [0.05, 0.1) is 34.8 Å². The van der Waals surface area contributed by atoms with E-state index < -0.39 is 27.1 Å². The van der Waals surface area contributed by atoms with E-state index in [9.17, 15) is 30.1 Å². The number of benzene rings is 2. The number of non-ortho nitro benzene ring substituents is 2. The molecule has 0 heterocycles. The number of phenolic OH excluding ortho intramolecular Hbond substituents is 1. The topological polar surface area (TPSA) is 157 Å². The molecule has 2 aromatic carbocycles. The van der Waals surface area contributed by atoms with Crippen molar-refractivity contribution in [3.63, 3.8) is 0 Å². The van der Waals surface area contributed by atoms with E-state index in [-0.39, 0.29) is 17.1 Å². The number of rotatable bonds is 6. The van der Waals surface area contributed by atoms with Gasteiger partial charge in [-0.15, -0.1) is 0 Å². The first-order valence-electron chi connectivity index (χ1n) is 6.96. The van der Waals surface area contributed by atoms with Crippen LogP contribution in [0.15, 0.2) is 41.5 Å². The van der Waals surface area contributed by atoms with Crippen molar-refractivity contribution in [3.8, 4) is 11.5 Å². The minimum absolute atomic E-state index is 0.0717. The quantitative estimate of drug-likeness (QED) is 0.453. The van der Waals surface area contributed by atoms with Gasteiger partial charge in [0.25, 0.3) is 17.3 Å². The first kappa shape index (κ1) is 18.3. The molecule has 11 heteroatoms. The standard InChI is InChI=1S/C15H12N4O7/c1-26-14-4-9(2-3-13(14)20)8-16-17-15(21)10-5-11(18(22)23)7-12(6-10)19(24)25/h2-8,20H,1H3,(H,17,21)/b16-8+. The van der Waals surface area contributed by atoms with Gasteiger partial charge in [-0.2, -0.15) is 5.10 Å². The molecule has 0 unspecified atom stereocenters. The molecule has 1 amide bonds. The molecule has 0 saturated carbocycles. The van der Waals surface area contributed by atoms with Crippen molar-refractivity contribution in [2.75, 3.05) is 7.11 Å². The Bertz CT molecular complexity index is 879. The monoisotopic (exact) mass is 360 g/mol. The van der Waals surface area contributed by atoms with Crippen LogP contribution in [0, 0.1) is 20.2 Å². The van der Waals surface area contributed by atoms with Crippen LogP contribution < -0.4 is 10.2 Å². The fraction of sp³-hybridized carbons (Fsp3) is 0.0667. The van der Waals surface area contributed by atoms with Gasteiger partial charge in [-0.25, -0.2) is 5.43 Å². The van der Waals surface area contributed by atoms with E-state index in [4.69, 9.17) is 4.74 Å². The number of hydrogen-bond acceptors (Lipinski definition) is 8. The van der Waals surface area contributed by atoms with E-state index in [0.717, 1.165) is 18.2 Å². The van der Waals surface area contributed by atoms with E-state index in [1.807, 2.05) is 0 Å². The highest BCUT2D eigenvalue weighted by molar-refractivity contribution is 5.96. The average molecular weight is 360 g/mol. The predicted molar refractivity (Wildman–Crippen MR) is 89.5 cm³/mol. The summed E-state index contributed by atoms with van der Waals surface area (Å²) in [5.74, 6) is -0.731. The van der Waals surface area contributed by atoms with Crippen LogP contribution in [-0.2, 0) is 0 Å². The molecular formula is C15H12N4O7. The largest absolute Gasteiger partial charge is 0.504 e.